The molecule has 5 nitrogen and oxygen atoms in total. The Morgan fingerprint density at radius 3 is 2.50 bits per heavy atom. The average molecular weight is 438 g/mol. The highest BCUT2D eigenvalue weighted by Crippen LogP contribution is 2.26. The van der Waals surface area contributed by atoms with Crippen molar-refractivity contribution in [2.75, 3.05) is 7.05 Å². The first-order valence-corrected chi connectivity index (χ1v) is 9.74. The van der Waals surface area contributed by atoms with E-state index in [4.69, 9.17) is 34.8 Å². The molecule has 0 saturated heterocycles. The van der Waals surface area contributed by atoms with Gasteiger partial charge in [-0.25, -0.2) is 9.67 Å². The second-order valence-corrected chi connectivity index (χ2v) is 7.78. The summed E-state index contributed by atoms with van der Waals surface area (Å²) in [7, 11) is 1.77. The van der Waals surface area contributed by atoms with Gasteiger partial charge in [0.25, 0.3) is 0 Å². The van der Waals surface area contributed by atoms with E-state index in [-0.39, 0.29) is 12.3 Å². The van der Waals surface area contributed by atoms with Gasteiger partial charge in [0.2, 0.25) is 5.91 Å². The first-order valence-electron chi connectivity index (χ1n) is 8.61. The normalized spacial score (nSPS) is 10.9. The van der Waals surface area contributed by atoms with Gasteiger partial charge in [-0.3, -0.25) is 4.79 Å². The van der Waals surface area contributed by atoms with Gasteiger partial charge in [0, 0.05) is 31.0 Å². The maximum atomic E-state index is 12.7. The minimum Gasteiger partial charge on any atom is -0.341 e. The number of benzene rings is 1. The Kier molecular flexibility index (Phi) is 6.28. The van der Waals surface area contributed by atoms with Crippen molar-refractivity contribution in [1.29, 1.82) is 0 Å². The molecule has 146 valence electrons. The van der Waals surface area contributed by atoms with Crippen LogP contribution < -0.4 is 0 Å². The van der Waals surface area contributed by atoms with E-state index in [2.05, 4.69) is 10.1 Å². The number of hydrogen-bond acceptors (Lipinski definition) is 3. The Balaban J connectivity index is 1.78. The van der Waals surface area contributed by atoms with Crippen LogP contribution in [0.4, 0.5) is 0 Å². The minimum absolute atomic E-state index is 0.00478. The van der Waals surface area contributed by atoms with E-state index in [1.165, 1.54) is 0 Å². The molecule has 0 aliphatic carbocycles. The number of rotatable bonds is 5. The van der Waals surface area contributed by atoms with Crippen LogP contribution in [0.25, 0.3) is 5.69 Å². The molecule has 0 N–H and O–H groups in total. The molecule has 0 aliphatic rings. The quantitative estimate of drug-likeness (QED) is 0.525. The number of hydrogen-bond donors (Lipinski definition) is 0. The fourth-order valence-electron chi connectivity index (χ4n) is 2.95. The maximum absolute atomic E-state index is 12.7. The van der Waals surface area contributed by atoms with Crippen LogP contribution >= 0.6 is 34.8 Å². The Morgan fingerprint density at radius 2 is 1.86 bits per heavy atom. The lowest BCUT2D eigenvalue weighted by molar-refractivity contribution is -0.129. The number of aryl methyl sites for hydroxylation is 1. The summed E-state index contributed by atoms with van der Waals surface area (Å²) >= 11 is 17.9. The fourth-order valence-corrected chi connectivity index (χ4v) is 3.35. The average Bonchev–Trinajstić information content (AvgIpc) is 2.94. The van der Waals surface area contributed by atoms with Gasteiger partial charge < -0.3 is 4.90 Å². The summed E-state index contributed by atoms with van der Waals surface area (Å²) in [5, 5.41) is 5.95. The van der Waals surface area contributed by atoms with Crippen LogP contribution in [0.2, 0.25) is 15.2 Å². The van der Waals surface area contributed by atoms with Crippen LogP contribution in [-0.2, 0) is 17.8 Å². The van der Waals surface area contributed by atoms with E-state index < -0.39 is 0 Å². The number of carbonyl (C=O) groups excluding carboxylic acids is 1. The second-order valence-electron chi connectivity index (χ2n) is 6.58. The molecule has 8 heteroatoms. The van der Waals surface area contributed by atoms with Gasteiger partial charge in [0.05, 0.1) is 27.8 Å². The first-order chi connectivity index (χ1) is 13.3. The monoisotopic (exact) mass is 436 g/mol. The van der Waals surface area contributed by atoms with Gasteiger partial charge >= 0.3 is 0 Å². The molecule has 0 saturated carbocycles. The summed E-state index contributed by atoms with van der Waals surface area (Å²) in [5.74, 6) is -0.00478. The third kappa shape index (κ3) is 4.49. The van der Waals surface area contributed by atoms with Crippen molar-refractivity contribution in [1.82, 2.24) is 19.7 Å². The number of nitrogens with zero attached hydrogens (tertiary/aromatic N) is 4. The predicted molar refractivity (Wildman–Crippen MR) is 112 cm³/mol. The molecule has 0 spiro atoms. The zero-order chi connectivity index (χ0) is 20.4. The van der Waals surface area contributed by atoms with Gasteiger partial charge in [-0.05, 0) is 43.7 Å². The molecule has 0 atom stereocenters. The van der Waals surface area contributed by atoms with E-state index >= 15 is 0 Å². The number of halogens is 3. The Labute approximate surface area is 178 Å². The summed E-state index contributed by atoms with van der Waals surface area (Å²) in [5.41, 5.74) is 4.32. The molecule has 0 radical (unpaired) electrons. The molecule has 28 heavy (non-hydrogen) atoms. The molecule has 0 unspecified atom stereocenters. The minimum atomic E-state index is -0.00478. The summed E-state index contributed by atoms with van der Waals surface area (Å²) in [6.45, 7) is 4.29. The van der Waals surface area contributed by atoms with E-state index in [9.17, 15) is 4.79 Å². The van der Waals surface area contributed by atoms with Crippen LogP contribution in [0.15, 0.2) is 36.5 Å². The van der Waals surface area contributed by atoms with Gasteiger partial charge in [0.15, 0.2) is 0 Å². The zero-order valence-electron chi connectivity index (χ0n) is 15.7. The first kappa shape index (κ1) is 20.6. The fraction of sp³-hybridized carbons (Fsp3) is 0.250. The maximum Gasteiger partial charge on any atom is 0.227 e. The van der Waals surface area contributed by atoms with Crippen LogP contribution in [0.5, 0.6) is 0 Å². The molecular weight excluding hydrogens is 419 g/mol. The Bertz CT molecular complexity index is 1020. The molecule has 1 aromatic carbocycles. The zero-order valence-corrected chi connectivity index (χ0v) is 18.0. The predicted octanol–water partition coefficient (Wildman–Crippen LogP) is 5.05. The Morgan fingerprint density at radius 1 is 1.11 bits per heavy atom. The van der Waals surface area contributed by atoms with Gasteiger partial charge in [-0.1, -0.05) is 40.9 Å². The summed E-state index contributed by atoms with van der Waals surface area (Å²) in [6.07, 6.45) is 1.93. The van der Waals surface area contributed by atoms with Gasteiger partial charge in [-0.2, -0.15) is 5.10 Å². The molecule has 2 heterocycles. The highest BCUT2D eigenvalue weighted by Gasteiger charge is 2.19. The highest BCUT2D eigenvalue weighted by atomic mass is 35.5. The second kappa shape index (κ2) is 8.52. The number of pyridine rings is 1. The smallest absolute Gasteiger partial charge is 0.227 e. The van der Waals surface area contributed by atoms with Crippen molar-refractivity contribution in [2.45, 2.75) is 26.8 Å². The summed E-state index contributed by atoms with van der Waals surface area (Å²) in [4.78, 5) is 18.5. The largest absolute Gasteiger partial charge is 0.341 e. The molecule has 0 bridgehead atoms. The van der Waals surface area contributed by atoms with Crippen molar-refractivity contribution >= 4 is 40.7 Å². The van der Waals surface area contributed by atoms with Crippen LogP contribution in [-0.4, -0.2) is 32.6 Å². The van der Waals surface area contributed by atoms with Crippen LogP contribution in [0, 0.1) is 13.8 Å². The van der Waals surface area contributed by atoms with E-state index in [1.54, 1.807) is 41.0 Å². The summed E-state index contributed by atoms with van der Waals surface area (Å²) in [6, 6.07) is 8.91. The molecular formula is C20H19Cl3N4O. The lowest BCUT2D eigenvalue weighted by Gasteiger charge is -2.17. The molecule has 3 rings (SSSR count). The van der Waals surface area contributed by atoms with Crippen molar-refractivity contribution in [3.05, 3.63) is 74.2 Å². The number of likely N-dealkylation sites (N-methyl/N-ethyl adjacent to an activating group) is 1. The molecule has 2 aromatic heterocycles. The van der Waals surface area contributed by atoms with Crippen molar-refractivity contribution in [3.63, 3.8) is 0 Å². The van der Waals surface area contributed by atoms with E-state index in [0.717, 1.165) is 28.2 Å². The van der Waals surface area contributed by atoms with Gasteiger partial charge in [-0.15, -0.1) is 0 Å². The van der Waals surface area contributed by atoms with E-state index in [0.29, 0.717) is 21.7 Å². The lowest BCUT2D eigenvalue weighted by atomic mass is 10.1. The van der Waals surface area contributed by atoms with E-state index in [1.807, 2.05) is 26.0 Å². The highest BCUT2D eigenvalue weighted by molar-refractivity contribution is 6.42. The van der Waals surface area contributed by atoms with Crippen molar-refractivity contribution in [2.24, 2.45) is 0 Å². The SMILES string of the molecule is Cc1nn(-c2ccc(Cl)c(Cl)c2)c(C)c1CC(=O)N(C)Cc1ccc(Cl)nc1. The Hall–Kier alpha value is -2.08. The van der Waals surface area contributed by atoms with Gasteiger partial charge in [0.1, 0.15) is 5.15 Å². The third-order valence-corrected chi connectivity index (χ3v) is 5.51. The third-order valence-electron chi connectivity index (χ3n) is 4.55. The molecule has 0 fully saturated rings. The van der Waals surface area contributed by atoms with Crippen molar-refractivity contribution in [3.8, 4) is 5.69 Å². The number of amides is 1. The molecule has 1 amide bonds. The molecule has 0 aliphatic heterocycles. The van der Waals surface area contributed by atoms with Crippen molar-refractivity contribution < 1.29 is 4.79 Å². The lowest BCUT2D eigenvalue weighted by Crippen LogP contribution is -2.28. The molecule has 3 aromatic rings. The number of aromatic nitrogens is 3. The topological polar surface area (TPSA) is 51.0 Å². The summed E-state index contributed by atoms with van der Waals surface area (Å²) < 4.78 is 1.78. The van der Waals surface area contributed by atoms with Crippen LogP contribution in [0.1, 0.15) is 22.5 Å². The standard InChI is InChI=1S/C20H19Cl3N4O/c1-12-16(9-20(28)26(3)11-14-4-7-19(23)24-10-14)13(2)27(25-12)15-5-6-17(21)18(22)8-15/h4-8,10H,9,11H2,1-3H3. The van der Waals surface area contributed by atoms with Crippen LogP contribution in [0.3, 0.4) is 0 Å². The number of carbonyl (C=O) groups is 1.